The summed E-state index contributed by atoms with van der Waals surface area (Å²) in [6, 6.07) is 12.1. The van der Waals surface area contributed by atoms with Gasteiger partial charge in [0.05, 0.1) is 5.69 Å². The highest BCUT2D eigenvalue weighted by Crippen LogP contribution is 2.36. The van der Waals surface area contributed by atoms with Crippen molar-refractivity contribution in [3.63, 3.8) is 0 Å². The molecule has 2 heterocycles. The number of fused-ring (bicyclic) bond motifs is 1. The van der Waals surface area contributed by atoms with E-state index in [-0.39, 0.29) is 18.6 Å². The van der Waals surface area contributed by atoms with Crippen molar-refractivity contribution in [1.29, 1.82) is 0 Å². The third kappa shape index (κ3) is 4.22. The molecule has 2 aromatic carbocycles. The highest BCUT2D eigenvalue weighted by molar-refractivity contribution is 7.14. The van der Waals surface area contributed by atoms with Crippen molar-refractivity contribution in [3.8, 4) is 22.8 Å². The summed E-state index contributed by atoms with van der Waals surface area (Å²) < 4.78 is 10.7. The average Bonchev–Trinajstić information content (AvgIpc) is 3.36. The summed E-state index contributed by atoms with van der Waals surface area (Å²) in [6.07, 6.45) is 0. The van der Waals surface area contributed by atoms with Gasteiger partial charge in [-0.2, -0.15) is 0 Å². The summed E-state index contributed by atoms with van der Waals surface area (Å²) in [6.45, 7) is 3.76. The van der Waals surface area contributed by atoms with Gasteiger partial charge in [-0.25, -0.2) is 4.98 Å². The monoisotopic (exact) mass is 409 g/mol. The van der Waals surface area contributed by atoms with Crippen molar-refractivity contribution in [2.24, 2.45) is 0 Å². The van der Waals surface area contributed by atoms with Crippen LogP contribution in [0, 0.1) is 6.92 Å². The Balaban J connectivity index is 1.39. The Hall–Kier alpha value is -3.39. The number of hydrogen-bond donors (Lipinski definition) is 2. The first kappa shape index (κ1) is 18.9. The smallest absolute Gasteiger partial charge is 0.251 e. The Morgan fingerprint density at radius 2 is 1.97 bits per heavy atom. The van der Waals surface area contributed by atoms with Crippen molar-refractivity contribution >= 4 is 28.3 Å². The molecule has 29 heavy (non-hydrogen) atoms. The molecular weight excluding hydrogens is 390 g/mol. The lowest BCUT2D eigenvalue weighted by atomic mass is 10.1. The fourth-order valence-electron chi connectivity index (χ4n) is 2.87. The Bertz CT molecular complexity index is 1080. The number of thiazole rings is 1. The molecule has 1 aliphatic heterocycles. The fraction of sp³-hybridized carbons (Fsp3) is 0.190. The van der Waals surface area contributed by atoms with Crippen LogP contribution in [0.25, 0.3) is 11.3 Å². The number of carbonyl (C=O) groups is 2. The lowest BCUT2D eigenvalue weighted by Gasteiger charge is -2.13. The summed E-state index contributed by atoms with van der Waals surface area (Å²) in [5.74, 6) is 0.748. The van der Waals surface area contributed by atoms with E-state index in [1.165, 1.54) is 11.3 Å². The zero-order valence-electron chi connectivity index (χ0n) is 15.9. The van der Waals surface area contributed by atoms with Crippen LogP contribution < -0.4 is 20.1 Å². The van der Waals surface area contributed by atoms with Gasteiger partial charge in [-0.1, -0.05) is 17.7 Å². The van der Waals surface area contributed by atoms with E-state index in [2.05, 4.69) is 15.6 Å². The van der Waals surface area contributed by atoms with Crippen LogP contribution in [0.2, 0.25) is 0 Å². The maximum absolute atomic E-state index is 12.4. The van der Waals surface area contributed by atoms with Crippen molar-refractivity contribution < 1.29 is 19.1 Å². The summed E-state index contributed by atoms with van der Waals surface area (Å²) in [5.41, 5.74) is 3.09. The van der Waals surface area contributed by atoms with Crippen LogP contribution in [0.5, 0.6) is 11.5 Å². The maximum Gasteiger partial charge on any atom is 0.251 e. The van der Waals surface area contributed by atoms with Gasteiger partial charge in [0.1, 0.15) is 6.04 Å². The molecule has 7 nitrogen and oxygen atoms in total. The molecule has 148 valence electrons. The molecule has 0 aliphatic carbocycles. The molecule has 0 radical (unpaired) electrons. The van der Waals surface area contributed by atoms with Gasteiger partial charge in [0.2, 0.25) is 12.7 Å². The summed E-state index contributed by atoms with van der Waals surface area (Å²) in [7, 11) is 0. The van der Waals surface area contributed by atoms with Gasteiger partial charge in [0.15, 0.2) is 16.6 Å². The van der Waals surface area contributed by atoms with Crippen LogP contribution in [0.1, 0.15) is 22.8 Å². The van der Waals surface area contributed by atoms with Crippen molar-refractivity contribution in [3.05, 3.63) is 59.0 Å². The third-order valence-corrected chi connectivity index (χ3v) is 5.18. The summed E-state index contributed by atoms with van der Waals surface area (Å²) in [4.78, 5) is 29.2. The number of carbonyl (C=O) groups excluding carboxylic acids is 2. The minimum atomic E-state index is -0.707. The molecule has 0 saturated carbocycles. The zero-order valence-corrected chi connectivity index (χ0v) is 16.7. The summed E-state index contributed by atoms with van der Waals surface area (Å²) in [5, 5.41) is 7.76. The number of aryl methyl sites for hydroxylation is 1. The van der Waals surface area contributed by atoms with E-state index in [9.17, 15) is 9.59 Å². The van der Waals surface area contributed by atoms with Gasteiger partial charge in [-0.15, -0.1) is 11.3 Å². The minimum Gasteiger partial charge on any atom is -0.454 e. The molecule has 3 aromatic rings. The fourth-order valence-corrected chi connectivity index (χ4v) is 3.59. The lowest BCUT2D eigenvalue weighted by Crippen LogP contribution is -2.41. The first-order valence-corrected chi connectivity index (χ1v) is 9.91. The first-order valence-electron chi connectivity index (χ1n) is 9.03. The van der Waals surface area contributed by atoms with E-state index in [0.29, 0.717) is 22.2 Å². The second-order valence-electron chi connectivity index (χ2n) is 6.66. The van der Waals surface area contributed by atoms with E-state index in [4.69, 9.17) is 9.47 Å². The lowest BCUT2D eigenvalue weighted by molar-refractivity contribution is -0.117. The number of nitrogens with zero attached hydrogens (tertiary/aromatic N) is 1. The van der Waals surface area contributed by atoms with Crippen LogP contribution in [0.3, 0.4) is 0 Å². The number of rotatable bonds is 5. The standard InChI is InChI=1S/C21H19N3O4S/c1-12-4-3-5-15(8-12)20(26)22-13(2)19(25)24-21-23-16(10-29-21)14-6-7-17-18(9-14)28-11-27-17/h3-10,13H,11H2,1-2H3,(H,22,26)(H,23,24,25)/t13-/m0/s1. The van der Waals surface area contributed by atoms with Crippen molar-refractivity contribution in [1.82, 2.24) is 10.3 Å². The van der Waals surface area contributed by atoms with E-state index in [1.54, 1.807) is 19.1 Å². The highest BCUT2D eigenvalue weighted by atomic mass is 32.1. The SMILES string of the molecule is Cc1cccc(C(=O)N[C@@H](C)C(=O)Nc2nc(-c3ccc4c(c3)OCO4)cs2)c1. The van der Waals surface area contributed by atoms with Crippen LogP contribution in [0.4, 0.5) is 5.13 Å². The molecule has 1 atom stereocenters. The molecule has 2 amide bonds. The van der Waals surface area contributed by atoms with Gasteiger partial charge in [-0.05, 0) is 44.2 Å². The molecule has 1 aliphatic rings. The highest BCUT2D eigenvalue weighted by Gasteiger charge is 2.19. The molecule has 0 fully saturated rings. The topological polar surface area (TPSA) is 89.6 Å². The predicted molar refractivity (Wildman–Crippen MR) is 110 cm³/mol. The number of amides is 2. The van der Waals surface area contributed by atoms with Gasteiger partial charge in [0, 0.05) is 16.5 Å². The number of anilines is 1. The van der Waals surface area contributed by atoms with Crippen molar-refractivity contribution in [2.75, 3.05) is 12.1 Å². The van der Waals surface area contributed by atoms with Crippen LogP contribution in [-0.2, 0) is 4.79 Å². The molecule has 8 heteroatoms. The molecule has 0 spiro atoms. The van der Waals surface area contributed by atoms with E-state index in [0.717, 1.165) is 16.8 Å². The maximum atomic E-state index is 12.4. The van der Waals surface area contributed by atoms with Gasteiger partial charge in [-0.3, -0.25) is 9.59 Å². The largest absolute Gasteiger partial charge is 0.454 e. The summed E-state index contributed by atoms with van der Waals surface area (Å²) >= 11 is 1.31. The van der Waals surface area contributed by atoms with E-state index >= 15 is 0 Å². The van der Waals surface area contributed by atoms with Crippen LogP contribution in [-0.4, -0.2) is 29.6 Å². The van der Waals surface area contributed by atoms with Gasteiger partial charge < -0.3 is 20.1 Å². The molecule has 0 saturated heterocycles. The Kier molecular flexibility index (Phi) is 5.18. The number of benzene rings is 2. The van der Waals surface area contributed by atoms with E-state index in [1.807, 2.05) is 42.6 Å². The molecule has 0 unspecified atom stereocenters. The van der Waals surface area contributed by atoms with Crippen molar-refractivity contribution in [2.45, 2.75) is 19.9 Å². The van der Waals surface area contributed by atoms with Crippen LogP contribution in [0.15, 0.2) is 47.8 Å². The second kappa shape index (κ2) is 7.92. The molecule has 0 bridgehead atoms. The molecule has 4 rings (SSSR count). The predicted octanol–water partition coefficient (Wildman–Crippen LogP) is 3.60. The molecule has 2 N–H and O–H groups in total. The minimum absolute atomic E-state index is 0.212. The van der Waals surface area contributed by atoms with E-state index < -0.39 is 6.04 Å². The molecule has 1 aromatic heterocycles. The van der Waals surface area contributed by atoms with Gasteiger partial charge in [0.25, 0.3) is 5.91 Å². The number of ether oxygens (including phenoxy) is 2. The number of aromatic nitrogens is 1. The Labute approximate surface area is 171 Å². The Morgan fingerprint density at radius 1 is 1.14 bits per heavy atom. The van der Waals surface area contributed by atoms with Gasteiger partial charge >= 0.3 is 0 Å². The average molecular weight is 409 g/mol. The Morgan fingerprint density at radius 3 is 2.79 bits per heavy atom. The zero-order chi connectivity index (χ0) is 20.4. The normalized spacial score (nSPS) is 13.0. The number of nitrogens with one attached hydrogen (secondary N) is 2. The molecular formula is C21H19N3O4S. The quantitative estimate of drug-likeness (QED) is 0.672. The number of hydrogen-bond acceptors (Lipinski definition) is 6. The van der Waals surface area contributed by atoms with Crippen LogP contribution >= 0.6 is 11.3 Å². The second-order valence-corrected chi connectivity index (χ2v) is 7.52. The first-order chi connectivity index (χ1) is 14.0. The third-order valence-electron chi connectivity index (χ3n) is 4.42.